The number of rotatable bonds is 5. The van der Waals surface area contributed by atoms with Crippen molar-refractivity contribution in [1.82, 2.24) is 9.80 Å². The molecule has 0 bridgehead atoms. The molecular weight excluding hydrogens is 869 g/mol. The average Bonchev–Trinajstić information content (AvgIpc) is 3.43. The van der Waals surface area contributed by atoms with Crippen molar-refractivity contribution in [3.63, 3.8) is 0 Å². The van der Waals surface area contributed by atoms with Gasteiger partial charge in [-0.2, -0.15) is 0 Å². The predicted octanol–water partition coefficient (Wildman–Crippen LogP) is 10.5. The van der Waals surface area contributed by atoms with E-state index in [9.17, 15) is 29.4 Å². The van der Waals surface area contributed by atoms with Crippen molar-refractivity contribution in [3.8, 4) is 0 Å². The quantitative estimate of drug-likeness (QED) is 0.167. The van der Waals surface area contributed by atoms with Crippen LogP contribution in [0.2, 0.25) is 0 Å². The third-order valence-corrected chi connectivity index (χ3v) is 20.5. The first-order valence-corrected chi connectivity index (χ1v) is 26.1. The molecule has 9 rings (SSSR count). The maximum absolute atomic E-state index is 14.2. The van der Waals surface area contributed by atoms with Crippen molar-refractivity contribution in [3.05, 3.63) is 77.4 Å². The molecule has 66 heavy (non-hydrogen) atoms. The second-order valence-electron chi connectivity index (χ2n) is 22.6. The number of hydrogen-bond donors (Lipinski definition) is 4. The molecule has 5 fully saturated rings. The molecule has 0 spiro atoms. The number of carboxylic acid groups (broad SMARTS) is 3. The predicted molar refractivity (Wildman–Crippen MR) is 262 cm³/mol. The number of ketones is 1. The SMILES string of the molecule is CC1(C(=O)O)CCC2(C)CCC3(C)C(=CC(=O)C4C5(C)CCC(O)C(C)(C)C5CCC43C)C2C1.CSc1ccc2c(c1)C(N1CCN(C)CC1)Cc1ccccc1S2.O=C(O)C=CC(=O)O. The average molecular weight is 943 g/mol. The molecule has 12 heteroatoms. The van der Waals surface area contributed by atoms with E-state index in [1.807, 2.05) is 36.5 Å². The summed E-state index contributed by atoms with van der Waals surface area (Å²) in [7, 11) is 2.23. The van der Waals surface area contributed by atoms with Gasteiger partial charge >= 0.3 is 17.9 Å². The van der Waals surface area contributed by atoms with Gasteiger partial charge in [-0.15, -0.1) is 11.8 Å². The fourth-order valence-electron chi connectivity index (χ4n) is 14.2. The molecule has 2 aliphatic heterocycles. The second kappa shape index (κ2) is 18.8. The number of aliphatic carboxylic acids is 3. The van der Waals surface area contributed by atoms with Gasteiger partial charge in [0.15, 0.2) is 5.78 Å². The Labute approximate surface area is 401 Å². The Balaban J connectivity index is 0.000000176. The Morgan fingerprint density at radius 2 is 1.45 bits per heavy atom. The molecule has 4 N–H and O–H groups in total. The van der Waals surface area contributed by atoms with Crippen molar-refractivity contribution >= 4 is 47.2 Å². The van der Waals surface area contributed by atoms with Gasteiger partial charge < -0.3 is 25.3 Å². The number of allylic oxidation sites excluding steroid dienone is 2. The van der Waals surface area contributed by atoms with Gasteiger partial charge in [0, 0.05) is 65.0 Å². The highest BCUT2D eigenvalue weighted by Crippen LogP contribution is 2.75. The van der Waals surface area contributed by atoms with E-state index in [0.717, 1.165) is 70.9 Å². The molecule has 0 aromatic heterocycles. The Hall–Kier alpha value is -3.42. The number of aliphatic hydroxyl groups is 1. The van der Waals surface area contributed by atoms with Crippen LogP contribution in [-0.2, 0) is 25.6 Å². The fourth-order valence-corrected chi connectivity index (χ4v) is 15.7. The molecular formula is C54H74N2O8S2. The number of carbonyl (C=O) groups is 4. The third-order valence-electron chi connectivity index (χ3n) is 18.6. The van der Waals surface area contributed by atoms with Gasteiger partial charge in [0.25, 0.3) is 0 Å². The van der Waals surface area contributed by atoms with Crippen LogP contribution in [0.25, 0.3) is 0 Å². The summed E-state index contributed by atoms with van der Waals surface area (Å²) < 4.78 is 0. The largest absolute Gasteiger partial charge is 0.481 e. The van der Waals surface area contributed by atoms with Crippen LogP contribution in [0.5, 0.6) is 0 Å². The summed E-state index contributed by atoms with van der Waals surface area (Å²) >= 11 is 3.79. The number of likely N-dealkylation sites (N-methyl/N-ethyl adjacent to an activating group) is 1. The summed E-state index contributed by atoms with van der Waals surface area (Å²) in [6.45, 7) is 20.5. The second-order valence-corrected chi connectivity index (χ2v) is 24.6. The van der Waals surface area contributed by atoms with E-state index < -0.39 is 23.3 Å². The number of hydrogen-bond acceptors (Lipinski definition) is 9. The lowest BCUT2D eigenvalue weighted by molar-refractivity contribution is -0.202. The van der Waals surface area contributed by atoms with E-state index in [1.165, 1.54) is 44.5 Å². The molecule has 0 radical (unpaired) electrons. The highest BCUT2D eigenvalue weighted by atomic mass is 32.2. The molecule has 10 unspecified atom stereocenters. The molecule has 10 atom stereocenters. The molecule has 2 heterocycles. The smallest absolute Gasteiger partial charge is 0.328 e. The van der Waals surface area contributed by atoms with Crippen molar-refractivity contribution in [1.29, 1.82) is 0 Å². The zero-order chi connectivity index (χ0) is 48.2. The Morgan fingerprint density at radius 1 is 0.803 bits per heavy atom. The topological polar surface area (TPSA) is 156 Å². The standard InChI is InChI=1S/C30H46O4.C20H24N2S2.C4H4O4/c1-25(2)21-8-11-30(7)23(28(21,5)10-9-22(25)32)20(31)16-18-19-17-27(4,24(33)34)13-12-26(19,3)14-15-29(18,30)6;1-21-9-11-22(12-10-21)18-13-15-5-3-4-6-19(15)24-20-8-7-16(23-2)14-17(18)20;5-3(6)1-2-4(7)8/h16,19,21-23,32H,8-15,17H2,1-7H3,(H,33,34);3-8,14,18H,9-13H2,1-2H3;1-2H,(H,5,6)(H,7,8). The first-order valence-electron chi connectivity index (χ1n) is 24.1. The maximum atomic E-state index is 14.2. The van der Waals surface area contributed by atoms with Crippen LogP contribution >= 0.6 is 23.5 Å². The molecule has 4 saturated carbocycles. The minimum Gasteiger partial charge on any atom is -0.481 e. The molecule has 2 aromatic rings. The van der Waals surface area contributed by atoms with Crippen molar-refractivity contribution in [2.45, 2.75) is 140 Å². The molecule has 2 aromatic carbocycles. The monoisotopic (exact) mass is 942 g/mol. The lowest BCUT2D eigenvalue weighted by Gasteiger charge is -2.70. The summed E-state index contributed by atoms with van der Waals surface area (Å²) in [6, 6.07) is 16.5. The zero-order valence-electron chi connectivity index (χ0n) is 40.7. The van der Waals surface area contributed by atoms with Gasteiger partial charge in [-0.05, 0) is 165 Å². The third kappa shape index (κ3) is 9.12. The molecule has 5 aliphatic carbocycles. The van der Waals surface area contributed by atoms with Crippen molar-refractivity contribution in [2.75, 3.05) is 39.5 Å². The summed E-state index contributed by atoms with van der Waals surface area (Å²) in [5, 5.41) is 36.5. The Kier molecular flexibility index (Phi) is 14.4. The molecule has 0 amide bonds. The lowest BCUT2D eigenvalue weighted by Crippen LogP contribution is -2.66. The molecule has 10 nitrogen and oxygen atoms in total. The van der Waals surface area contributed by atoms with Crippen LogP contribution in [-0.4, -0.2) is 99.5 Å². The normalized spacial score (nSPS) is 37.0. The van der Waals surface area contributed by atoms with Gasteiger partial charge in [0.05, 0.1) is 11.5 Å². The highest BCUT2D eigenvalue weighted by Gasteiger charge is 2.70. The highest BCUT2D eigenvalue weighted by molar-refractivity contribution is 7.99. The van der Waals surface area contributed by atoms with Gasteiger partial charge in [-0.1, -0.05) is 77.1 Å². The van der Waals surface area contributed by atoms with Gasteiger partial charge in [-0.3, -0.25) is 14.5 Å². The number of carbonyl (C=O) groups excluding carboxylic acids is 1. The van der Waals surface area contributed by atoms with Gasteiger partial charge in [-0.25, -0.2) is 9.59 Å². The number of carboxylic acids is 3. The minimum atomic E-state index is -1.26. The van der Waals surface area contributed by atoms with Crippen LogP contribution in [0, 0.1) is 50.2 Å². The van der Waals surface area contributed by atoms with Crippen LogP contribution in [0.1, 0.15) is 123 Å². The first kappa shape index (κ1) is 50.5. The maximum Gasteiger partial charge on any atom is 0.328 e. The number of aliphatic hydroxyl groups excluding tert-OH is 1. The number of thioether (sulfide) groups is 1. The summed E-state index contributed by atoms with van der Waals surface area (Å²) in [4.78, 5) is 54.9. The Bertz CT molecular complexity index is 2250. The van der Waals surface area contributed by atoms with E-state index in [0.29, 0.717) is 30.5 Å². The fraction of sp³-hybridized carbons (Fsp3) is 0.630. The van der Waals surface area contributed by atoms with Crippen LogP contribution in [0.15, 0.2) is 81.0 Å². The number of piperazine rings is 1. The van der Waals surface area contributed by atoms with Crippen LogP contribution in [0.4, 0.5) is 0 Å². The van der Waals surface area contributed by atoms with Crippen molar-refractivity contribution in [2.24, 2.45) is 50.2 Å². The minimum absolute atomic E-state index is 0.0296. The molecule has 7 aliphatic rings. The van der Waals surface area contributed by atoms with Crippen molar-refractivity contribution < 1.29 is 39.6 Å². The number of nitrogens with zero attached hydrogens (tertiary/aromatic N) is 2. The molecule has 1 saturated heterocycles. The zero-order valence-corrected chi connectivity index (χ0v) is 42.3. The van der Waals surface area contributed by atoms with Crippen LogP contribution < -0.4 is 0 Å². The first-order chi connectivity index (χ1) is 30.9. The van der Waals surface area contributed by atoms with E-state index in [2.05, 4.69) is 107 Å². The summed E-state index contributed by atoms with van der Waals surface area (Å²) in [5.41, 5.74) is 3.16. The number of benzene rings is 2. The van der Waals surface area contributed by atoms with E-state index >= 15 is 0 Å². The van der Waals surface area contributed by atoms with Gasteiger partial charge in [0.2, 0.25) is 0 Å². The van der Waals surface area contributed by atoms with Gasteiger partial charge in [0.1, 0.15) is 0 Å². The summed E-state index contributed by atoms with van der Waals surface area (Å²) in [5.74, 6) is -2.45. The number of fused-ring (bicyclic) bond motifs is 9. The summed E-state index contributed by atoms with van der Waals surface area (Å²) in [6.07, 6.45) is 14.4. The Morgan fingerprint density at radius 3 is 2.09 bits per heavy atom. The van der Waals surface area contributed by atoms with Crippen LogP contribution in [0.3, 0.4) is 0 Å². The van der Waals surface area contributed by atoms with E-state index in [4.69, 9.17) is 10.2 Å². The van der Waals surface area contributed by atoms with E-state index in [1.54, 1.807) is 0 Å². The lowest BCUT2D eigenvalue weighted by atomic mass is 9.33. The molecule has 360 valence electrons. The van der Waals surface area contributed by atoms with E-state index in [-0.39, 0.29) is 50.8 Å².